The van der Waals surface area contributed by atoms with E-state index in [2.05, 4.69) is 25.8 Å². The number of carbonyl (C=O) groups is 2. The molecule has 1 aromatic carbocycles. The van der Waals surface area contributed by atoms with Gasteiger partial charge in [0, 0.05) is 46.7 Å². The number of hydrogen-bond donors (Lipinski definition) is 3. The van der Waals surface area contributed by atoms with Crippen molar-refractivity contribution in [1.29, 1.82) is 0 Å². The van der Waals surface area contributed by atoms with Crippen LogP contribution in [0.4, 0.5) is 4.39 Å². The van der Waals surface area contributed by atoms with Crippen molar-refractivity contribution in [2.45, 2.75) is 25.7 Å². The maximum atomic E-state index is 12.9. The van der Waals surface area contributed by atoms with Gasteiger partial charge in [0.15, 0.2) is 5.96 Å². The first kappa shape index (κ1) is 25.1. The summed E-state index contributed by atoms with van der Waals surface area (Å²) in [7, 11) is 3.41. The number of likely N-dealkylation sites (tertiary alicyclic amines) is 1. The van der Waals surface area contributed by atoms with Gasteiger partial charge in [-0.05, 0) is 36.5 Å². The molecule has 9 heteroatoms. The molecule has 1 aromatic rings. The molecule has 0 atom stereocenters. The Hall–Kier alpha value is -1.91. The highest BCUT2D eigenvalue weighted by molar-refractivity contribution is 14.0. The molecule has 1 heterocycles. The van der Waals surface area contributed by atoms with Crippen molar-refractivity contribution in [1.82, 2.24) is 20.9 Å². The van der Waals surface area contributed by atoms with Gasteiger partial charge in [-0.3, -0.25) is 14.6 Å². The minimum atomic E-state index is -0.308. The first-order valence-electron chi connectivity index (χ1n) is 9.69. The molecule has 0 unspecified atom stereocenters. The molecule has 0 spiro atoms. The number of nitrogens with one attached hydrogen (secondary N) is 3. The predicted molar refractivity (Wildman–Crippen MR) is 123 cm³/mol. The summed E-state index contributed by atoms with van der Waals surface area (Å²) in [6.07, 6.45) is 2.73. The van der Waals surface area contributed by atoms with Gasteiger partial charge in [0.05, 0.1) is 6.42 Å². The van der Waals surface area contributed by atoms with Crippen LogP contribution in [0.15, 0.2) is 29.3 Å². The van der Waals surface area contributed by atoms with Gasteiger partial charge >= 0.3 is 0 Å². The Morgan fingerprint density at radius 1 is 1.10 bits per heavy atom. The fourth-order valence-electron chi connectivity index (χ4n) is 3.27. The second kappa shape index (κ2) is 13.3. The van der Waals surface area contributed by atoms with E-state index < -0.39 is 0 Å². The molecule has 7 nitrogen and oxygen atoms in total. The smallest absolute Gasteiger partial charge is 0.224 e. The third-order valence-corrected chi connectivity index (χ3v) is 4.89. The molecule has 0 aliphatic carbocycles. The average Bonchev–Trinajstić information content (AvgIpc) is 2.70. The molecule has 3 N–H and O–H groups in total. The lowest BCUT2D eigenvalue weighted by Crippen LogP contribution is -2.47. The van der Waals surface area contributed by atoms with Crippen LogP contribution in [0, 0.1) is 11.7 Å². The Morgan fingerprint density at radius 2 is 1.72 bits per heavy atom. The van der Waals surface area contributed by atoms with E-state index >= 15 is 0 Å². The number of guanidine groups is 1. The molecular weight excluding hydrogens is 488 g/mol. The first-order valence-corrected chi connectivity index (χ1v) is 9.69. The fraction of sp³-hybridized carbons (Fsp3) is 0.550. The quantitative estimate of drug-likeness (QED) is 0.221. The van der Waals surface area contributed by atoms with Crippen LogP contribution >= 0.6 is 24.0 Å². The van der Waals surface area contributed by atoms with Gasteiger partial charge in [0.25, 0.3) is 0 Å². The zero-order valence-corrected chi connectivity index (χ0v) is 19.4. The van der Waals surface area contributed by atoms with Crippen LogP contribution in [-0.2, 0) is 16.0 Å². The summed E-state index contributed by atoms with van der Waals surface area (Å²) >= 11 is 0. The summed E-state index contributed by atoms with van der Waals surface area (Å²) in [5, 5.41) is 8.79. The van der Waals surface area contributed by atoms with Gasteiger partial charge in [-0.2, -0.15) is 0 Å². The van der Waals surface area contributed by atoms with Gasteiger partial charge in [0.2, 0.25) is 11.8 Å². The molecule has 29 heavy (non-hydrogen) atoms. The van der Waals surface area contributed by atoms with Crippen molar-refractivity contribution in [2.24, 2.45) is 10.9 Å². The molecule has 0 aromatic heterocycles. The fourth-order valence-corrected chi connectivity index (χ4v) is 3.27. The van der Waals surface area contributed by atoms with Crippen molar-refractivity contribution < 1.29 is 14.0 Å². The molecule has 2 rings (SSSR count). The van der Waals surface area contributed by atoms with Crippen LogP contribution in [-0.4, -0.2) is 62.9 Å². The molecule has 0 bridgehead atoms. The lowest BCUT2D eigenvalue weighted by Gasteiger charge is -2.34. The standard InChI is InChI=1S/C20H30FN5O2.HI/c1-22-18(27)13-16-7-11-26(12-8-16)20(23-2)25-10-9-24-19(28)14-15-3-5-17(21)6-4-15;/h3-6,16H,7-14H2,1-2H3,(H,22,27)(H,23,25)(H,24,28);1H. The molecule has 2 amide bonds. The van der Waals surface area contributed by atoms with Gasteiger partial charge in [-0.15, -0.1) is 24.0 Å². The third kappa shape index (κ3) is 8.97. The van der Waals surface area contributed by atoms with E-state index in [1.165, 1.54) is 12.1 Å². The predicted octanol–water partition coefficient (Wildman–Crippen LogP) is 1.53. The third-order valence-electron chi connectivity index (χ3n) is 4.89. The van der Waals surface area contributed by atoms with E-state index in [0.29, 0.717) is 25.4 Å². The average molecular weight is 519 g/mol. The highest BCUT2D eigenvalue weighted by Crippen LogP contribution is 2.20. The van der Waals surface area contributed by atoms with Crippen molar-refractivity contribution in [3.05, 3.63) is 35.6 Å². The van der Waals surface area contributed by atoms with Gasteiger partial charge < -0.3 is 20.9 Å². The highest BCUT2D eigenvalue weighted by atomic mass is 127. The van der Waals surface area contributed by atoms with Crippen LogP contribution < -0.4 is 16.0 Å². The maximum Gasteiger partial charge on any atom is 0.224 e. The van der Waals surface area contributed by atoms with E-state index in [1.807, 2.05) is 0 Å². The molecular formula is C20H31FIN5O2. The molecule has 0 saturated carbocycles. The number of aliphatic imine (C=N–C) groups is 1. The number of nitrogens with zero attached hydrogens (tertiary/aromatic N) is 2. The van der Waals surface area contributed by atoms with E-state index in [1.54, 1.807) is 26.2 Å². The lowest BCUT2D eigenvalue weighted by atomic mass is 9.93. The first-order chi connectivity index (χ1) is 13.5. The zero-order valence-electron chi connectivity index (χ0n) is 17.0. The van der Waals surface area contributed by atoms with Crippen LogP contribution in [0.5, 0.6) is 0 Å². The number of hydrogen-bond acceptors (Lipinski definition) is 3. The largest absolute Gasteiger partial charge is 0.359 e. The van der Waals surface area contributed by atoms with Gasteiger partial charge in [-0.1, -0.05) is 12.1 Å². The second-order valence-electron chi connectivity index (χ2n) is 6.93. The topological polar surface area (TPSA) is 85.8 Å². The zero-order chi connectivity index (χ0) is 20.4. The number of halogens is 2. The molecule has 162 valence electrons. The van der Waals surface area contributed by atoms with Crippen LogP contribution in [0.25, 0.3) is 0 Å². The monoisotopic (exact) mass is 519 g/mol. The Morgan fingerprint density at radius 3 is 2.31 bits per heavy atom. The van der Waals surface area contributed by atoms with Crippen molar-refractivity contribution >= 4 is 41.8 Å². The summed E-state index contributed by atoms with van der Waals surface area (Å²) in [6.45, 7) is 2.77. The van der Waals surface area contributed by atoms with E-state index in [4.69, 9.17) is 0 Å². The number of carbonyl (C=O) groups excluding carboxylic acids is 2. The van der Waals surface area contributed by atoms with Crippen LogP contribution in [0.2, 0.25) is 0 Å². The molecule has 1 aliphatic heterocycles. The minimum absolute atomic E-state index is 0. The molecule has 1 aliphatic rings. The summed E-state index contributed by atoms with van der Waals surface area (Å²) < 4.78 is 12.9. The summed E-state index contributed by atoms with van der Waals surface area (Å²) in [5.41, 5.74) is 0.780. The lowest BCUT2D eigenvalue weighted by molar-refractivity contribution is -0.122. The maximum absolute atomic E-state index is 12.9. The highest BCUT2D eigenvalue weighted by Gasteiger charge is 2.22. The van der Waals surface area contributed by atoms with Crippen LogP contribution in [0.3, 0.4) is 0 Å². The molecule has 1 saturated heterocycles. The van der Waals surface area contributed by atoms with E-state index in [9.17, 15) is 14.0 Å². The second-order valence-corrected chi connectivity index (χ2v) is 6.93. The van der Waals surface area contributed by atoms with Gasteiger partial charge in [-0.25, -0.2) is 4.39 Å². The number of rotatable bonds is 7. The minimum Gasteiger partial charge on any atom is -0.359 e. The summed E-state index contributed by atoms with van der Waals surface area (Å²) in [4.78, 5) is 29.9. The van der Waals surface area contributed by atoms with Crippen molar-refractivity contribution in [3.8, 4) is 0 Å². The van der Waals surface area contributed by atoms with Crippen LogP contribution in [0.1, 0.15) is 24.8 Å². The normalized spacial score (nSPS) is 14.7. The number of amides is 2. The molecule has 1 fully saturated rings. The van der Waals surface area contributed by atoms with Gasteiger partial charge in [0.1, 0.15) is 5.82 Å². The molecule has 0 radical (unpaired) electrons. The Balaban J connectivity index is 0.00000420. The number of benzene rings is 1. The van der Waals surface area contributed by atoms with E-state index in [-0.39, 0.29) is 48.0 Å². The Bertz CT molecular complexity index is 676. The van der Waals surface area contributed by atoms with E-state index in [0.717, 1.165) is 37.5 Å². The summed E-state index contributed by atoms with van der Waals surface area (Å²) in [5.74, 6) is 0.916. The number of piperidine rings is 1. The van der Waals surface area contributed by atoms with Crippen molar-refractivity contribution in [3.63, 3.8) is 0 Å². The summed E-state index contributed by atoms with van der Waals surface area (Å²) in [6, 6.07) is 5.93. The Kier molecular flexibility index (Phi) is 11.6. The SMILES string of the molecule is CN=C(NCCNC(=O)Cc1ccc(F)cc1)N1CCC(CC(=O)NC)CC1.I. The Labute approximate surface area is 188 Å². The van der Waals surface area contributed by atoms with Crippen molar-refractivity contribution in [2.75, 3.05) is 40.3 Å².